The molecule has 2 bridgehead atoms. The van der Waals surface area contributed by atoms with Crippen molar-refractivity contribution in [2.24, 2.45) is 0 Å². The Bertz CT molecular complexity index is 811. The number of piperidine rings is 1. The molecule has 4 rings (SSSR count). The van der Waals surface area contributed by atoms with E-state index in [1.165, 1.54) is 11.0 Å². The lowest BCUT2D eigenvalue weighted by atomic mass is 9.98. The van der Waals surface area contributed by atoms with E-state index in [1.807, 2.05) is 0 Å². The Balaban J connectivity index is 1.62. The van der Waals surface area contributed by atoms with Gasteiger partial charge in [0.15, 0.2) is 0 Å². The van der Waals surface area contributed by atoms with Crippen LogP contribution in [0.1, 0.15) is 38.5 Å². The minimum Gasteiger partial charge on any atom is -0.279 e. The van der Waals surface area contributed by atoms with Crippen molar-refractivity contribution in [2.75, 3.05) is 0 Å². The number of carbonyl (C=O) groups is 2. The van der Waals surface area contributed by atoms with Crippen molar-refractivity contribution in [2.45, 2.75) is 61.5 Å². The van der Waals surface area contributed by atoms with E-state index in [1.54, 1.807) is 22.5 Å². The molecule has 1 unspecified atom stereocenters. The van der Waals surface area contributed by atoms with Gasteiger partial charge in [0.2, 0.25) is 21.8 Å². The number of carbonyl (C=O) groups excluding carboxylic acids is 2. The zero-order chi connectivity index (χ0) is 17.8. The number of hydrogen-bond donors (Lipinski definition) is 0. The van der Waals surface area contributed by atoms with Crippen molar-refractivity contribution < 1.29 is 18.0 Å². The van der Waals surface area contributed by atoms with Crippen LogP contribution >= 0.6 is 11.6 Å². The molecule has 3 fully saturated rings. The second-order valence-corrected chi connectivity index (χ2v) is 9.15. The topological polar surface area (TPSA) is 74.8 Å². The number of fused-ring (bicyclic) bond motifs is 2. The molecule has 3 atom stereocenters. The summed E-state index contributed by atoms with van der Waals surface area (Å²) in [6.07, 6.45) is 3.07. The average Bonchev–Trinajstić information content (AvgIpc) is 3.05. The Morgan fingerprint density at radius 1 is 0.920 bits per heavy atom. The van der Waals surface area contributed by atoms with E-state index in [0.29, 0.717) is 12.8 Å². The van der Waals surface area contributed by atoms with Crippen LogP contribution in [0.2, 0.25) is 5.02 Å². The SMILES string of the molecule is O=C1CCC(=O)N1C1C[C@H]2CC[C@@H](C1)N2S(=O)(=O)c1ccccc1Cl. The molecule has 2 amide bonds. The number of imide groups is 1. The highest BCUT2D eigenvalue weighted by Crippen LogP contribution is 2.42. The molecule has 0 radical (unpaired) electrons. The molecule has 8 heteroatoms. The third-order valence-electron chi connectivity index (χ3n) is 5.49. The molecule has 1 aromatic carbocycles. The zero-order valence-electron chi connectivity index (χ0n) is 13.6. The van der Waals surface area contributed by atoms with E-state index in [4.69, 9.17) is 11.6 Å². The molecule has 0 spiro atoms. The van der Waals surface area contributed by atoms with Gasteiger partial charge in [-0.15, -0.1) is 0 Å². The van der Waals surface area contributed by atoms with Gasteiger partial charge in [-0.1, -0.05) is 23.7 Å². The Labute approximate surface area is 151 Å². The van der Waals surface area contributed by atoms with Gasteiger partial charge in [0.05, 0.1) is 5.02 Å². The zero-order valence-corrected chi connectivity index (χ0v) is 15.2. The van der Waals surface area contributed by atoms with Crippen LogP contribution in [-0.4, -0.2) is 47.6 Å². The lowest BCUT2D eigenvalue weighted by molar-refractivity contribution is -0.142. The average molecular weight is 383 g/mol. The second kappa shape index (κ2) is 6.07. The molecular formula is C17H19ClN2O4S. The van der Waals surface area contributed by atoms with Gasteiger partial charge in [0, 0.05) is 31.0 Å². The van der Waals surface area contributed by atoms with Crippen LogP contribution in [-0.2, 0) is 19.6 Å². The maximum Gasteiger partial charge on any atom is 0.245 e. The van der Waals surface area contributed by atoms with Crippen molar-refractivity contribution in [3.8, 4) is 0 Å². The van der Waals surface area contributed by atoms with E-state index in [-0.39, 0.29) is 52.7 Å². The second-order valence-electron chi connectivity index (χ2n) is 6.93. The van der Waals surface area contributed by atoms with Crippen LogP contribution in [0, 0.1) is 0 Å². The number of rotatable bonds is 3. The van der Waals surface area contributed by atoms with Crippen molar-refractivity contribution in [1.29, 1.82) is 0 Å². The van der Waals surface area contributed by atoms with Gasteiger partial charge in [-0.05, 0) is 37.8 Å². The molecule has 6 nitrogen and oxygen atoms in total. The van der Waals surface area contributed by atoms with Crippen LogP contribution in [0.3, 0.4) is 0 Å². The molecule has 3 heterocycles. The van der Waals surface area contributed by atoms with Gasteiger partial charge in [-0.25, -0.2) is 8.42 Å². The normalized spacial score (nSPS) is 30.3. The molecule has 0 saturated carbocycles. The molecule has 3 aliphatic heterocycles. The van der Waals surface area contributed by atoms with Crippen LogP contribution < -0.4 is 0 Å². The molecular weight excluding hydrogens is 364 g/mol. The number of amides is 2. The first-order chi connectivity index (χ1) is 11.9. The highest BCUT2D eigenvalue weighted by Gasteiger charge is 2.50. The molecule has 3 saturated heterocycles. The number of hydrogen-bond acceptors (Lipinski definition) is 4. The van der Waals surface area contributed by atoms with Crippen molar-refractivity contribution >= 4 is 33.4 Å². The lowest BCUT2D eigenvalue weighted by Crippen LogP contribution is -2.53. The number of benzene rings is 1. The Hall–Kier alpha value is -1.44. The summed E-state index contributed by atoms with van der Waals surface area (Å²) in [6.45, 7) is 0. The Kier molecular flexibility index (Phi) is 4.13. The molecule has 0 N–H and O–H groups in total. The number of sulfonamides is 1. The van der Waals surface area contributed by atoms with E-state index in [0.717, 1.165) is 12.8 Å². The van der Waals surface area contributed by atoms with Gasteiger partial charge >= 0.3 is 0 Å². The monoisotopic (exact) mass is 382 g/mol. The molecule has 134 valence electrons. The fourth-order valence-electron chi connectivity index (χ4n) is 4.48. The lowest BCUT2D eigenvalue weighted by Gasteiger charge is -2.40. The van der Waals surface area contributed by atoms with Gasteiger partial charge in [-0.2, -0.15) is 4.31 Å². The molecule has 1 aromatic rings. The summed E-state index contributed by atoms with van der Waals surface area (Å²) >= 11 is 6.11. The maximum atomic E-state index is 13.1. The van der Waals surface area contributed by atoms with E-state index in [2.05, 4.69) is 0 Å². The minimum atomic E-state index is -3.69. The quantitative estimate of drug-likeness (QED) is 0.751. The van der Waals surface area contributed by atoms with E-state index < -0.39 is 10.0 Å². The standard InChI is InChI=1S/C17H19ClN2O4S/c18-14-3-1-2-4-15(14)25(23,24)20-11-5-6-12(20)10-13(9-11)19-16(21)7-8-17(19)22/h1-4,11-13H,5-10H2/t11-,12+,13?. The Morgan fingerprint density at radius 3 is 2.04 bits per heavy atom. The van der Waals surface area contributed by atoms with E-state index >= 15 is 0 Å². The number of likely N-dealkylation sites (tertiary alicyclic amines) is 1. The van der Waals surface area contributed by atoms with Crippen LogP contribution in [0.25, 0.3) is 0 Å². The van der Waals surface area contributed by atoms with Crippen LogP contribution in [0.5, 0.6) is 0 Å². The third kappa shape index (κ3) is 2.69. The third-order valence-corrected chi connectivity index (χ3v) is 7.99. The summed E-state index contributed by atoms with van der Waals surface area (Å²) in [5.74, 6) is -0.256. The fourth-order valence-corrected chi connectivity index (χ4v) is 6.87. The molecule has 3 aliphatic rings. The van der Waals surface area contributed by atoms with Crippen LogP contribution in [0.15, 0.2) is 29.2 Å². The predicted octanol–water partition coefficient (Wildman–Crippen LogP) is 2.17. The number of nitrogens with zero attached hydrogens (tertiary/aromatic N) is 2. The first-order valence-electron chi connectivity index (χ1n) is 8.52. The first-order valence-corrected chi connectivity index (χ1v) is 10.3. The highest BCUT2D eigenvalue weighted by atomic mass is 35.5. The summed E-state index contributed by atoms with van der Waals surface area (Å²) in [5.41, 5.74) is 0. The predicted molar refractivity (Wildman–Crippen MR) is 91.4 cm³/mol. The molecule has 0 aliphatic carbocycles. The Morgan fingerprint density at radius 2 is 1.48 bits per heavy atom. The summed E-state index contributed by atoms with van der Waals surface area (Å²) in [4.78, 5) is 25.5. The highest BCUT2D eigenvalue weighted by molar-refractivity contribution is 7.89. The van der Waals surface area contributed by atoms with Gasteiger partial charge in [0.25, 0.3) is 0 Å². The summed E-state index contributed by atoms with van der Waals surface area (Å²) in [6, 6.07) is 5.90. The van der Waals surface area contributed by atoms with Crippen molar-refractivity contribution in [1.82, 2.24) is 9.21 Å². The van der Waals surface area contributed by atoms with Crippen LogP contribution in [0.4, 0.5) is 0 Å². The minimum absolute atomic E-state index is 0.125. The van der Waals surface area contributed by atoms with Gasteiger partial charge in [0.1, 0.15) is 4.90 Å². The van der Waals surface area contributed by atoms with Crippen molar-refractivity contribution in [3.63, 3.8) is 0 Å². The summed E-state index contributed by atoms with van der Waals surface area (Å²) < 4.78 is 27.8. The van der Waals surface area contributed by atoms with E-state index in [9.17, 15) is 18.0 Å². The summed E-state index contributed by atoms with van der Waals surface area (Å²) in [5, 5.41) is 0.217. The number of halogens is 1. The largest absolute Gasteiger partial charge is 0.279 e. The first kappa shape index (κ1) is 17.0. The molecule has 0 aromatic heterocycles. The van der Waals surface area contributed by atoms with Crippen molar-refractivity contribution in [3.05, 3.63) is 29.3 Å². The fraction of sp³-hybridized carbons (Fsp3) is 0.529. The summed E-state index contributed by atoms with van der Waals surface area (Å²) in [7, 11) is -3.69. The smallest absolute Gasteiger partial charge is 0.245 e. The molecule has 25 heavy (non-hydrogen) atoms. The van der Waals surface area contributed by atoms with Gasteiger partial charge in [-0.3, -0.25) is 14.5 Å². The maximum absolute atomic E-state index is 13.1. The van der Waals surface area contributed by atoms with Gasteiger partial charge < -0.3 is 0 Å².